The summed E-state index contributed by atoms with van der Waals surface area (Å²) in [6.45, 7) is 0.619. The second-order valence-corrected chi connectivity index (χ2v) is 7.51. The molecule has 20 heavy (non-hydrogen) atoms. The highest BCUT2D eigenvalue weighted by Crippen LogP contribution is 2.26. The highest BCUT2D eigenvalue weighted by molar-refractivity contribution is 7.89. The van der Waals surface area contributed by atoms with Gasteiger partial charge in [-0.15, -0.1) is 0 Å². The van der Waals surface area contributed by atoms with E-state index in [1.165, 1.54) is 23.6 Å². The molecule has 1 aromatic carbocycles. The summed E-state index contributed by atoms with van der Waals surface area (Å²) in [5.74, 6) is 1.17. The van der Waals surface area contributed by atoms with E-state index in [2.05, 4.69) is 0 Å². The fourth-order valence-corrected chi connectivity index (χ4v) is 4.01. The molecule has 0 heterocycles. The van der Waals surface area contributed by atoms with Crippen molar-refractivity contribution in [3.05, 3.63) is 24.3 Å². The van der Waals surface area contributed by atoms with E-state index in [4.69, 9.17) is 4.74 Å². The molecule has 0 aromatic heterocycles. The summed E-state index contributed by atoms with van der Waals surface area (Å²) in [5, 5.41) is 0. The lowest BCUT2D eigenvalue weighted by Crippen LogP contribution is -2.32. The van der Waals surface area contributed by atoms with Crippen molar-refractivity contribution in [3.8, 4) is 5.75 Å². The van der Waals surface area contributed by atoms with Crippen LogP contribution in [0.2, 0.25) is 0 Å². The van der Waals surface area contributed by atoms with Crippen LogP contribution in [0.15, 0.2) is 29.2 Å². The molecule has 1 fully saturated rings. The predicted octanol–water partition coefficient (Wildman–Crippen LogP) is 2.90. The average Bonchev–Trinajstić information content (AvgIpc) is 2.48. The molecule has 0 bridgehead atoms. The molecular formula is C15H23NO3S. The standard InChI is InChI=1S/C15H23NO3S/c1-16(12-13-6-4-3-5-7-13)20(17,18)15-10-8-14(19-2)9-11-15/h8-11,13H,3-7,12H2,1-2H3. The zero-order chi connectivity index (χ0) is 14.6. The number of hydrogen-bond donors (Lipinski definition) is 0. The van der Waals surface area contributed by atoms with Gasteiger partial charge in [-0.2, -0.15) is 0 Å². The second-order valence-electron chi connectivity index (χ2n) is 5.47. The average molecular weight is 297 g/mol. The van der Waals surface area contributed by atoms with Crippen molar-refractivity contribution in [1.82, 2.24) is 4.31 Å². The summed E-state index contributed by atoms with van der Waals surface area (Å²) < 4.78 is 31.5. The smallest absolute Gasteiger partial charge is 0.242 e. The molecule has 0 N–H and O–H groups in total. The molecule has 0 spiro atoms. The largest absolute Gasteiger partial charge is 0.497 e. The van der Waals surface area contributed by atoms with Crippen LogP contribution in [0, 0.1) is 5.92 Å². The third-order valence-corrected chi connectivity index (χ3v) is 5.85. The Morgan fingerprint density at radius 3 is 2.30 bits per heavy atom. The molecule has 1 aromatic rings. The van der Waals surface area contributed by atoms with Crippen LogP contribution in [0.5, 0.6) is 5.75 Å². The van der Waals surface area contributed by atoms with E-state index in [1.54, 1.807) is 38.4 Å². The molecule has 2 rings (SSSR count). The minimum absolute atomic E-state index is 0.330. The van der Waals surface area contributed by atoms with Crippen LogP contribution in [0.4, 0.5) is 0 Å². The monoisotopic (exact) mass is 297 g/mol. The number of rotatable bonds is 5. The summed E-state index contributed by atoms with van der Waals surface area (Å²) in [6.07, 6.45) is 6.01. The maximum Gasteiger partial charge on any atom is 0.242 e. The number of benzene rings is 1. The normalized spacial score (nSPS) is 17.4. The van der Waals surface area contributed by atoms with Crippen molar-refractivity contribution < 1.29 is 13.2 Å². The van der Waals surface area contributed by atoms with E-state index < -0.39 is 10.0 Å². The van der Waals surface area contributed by atoms with Gasteiger partial charge in [0.05, 0.1) is 12.0 Å². The Morgan fingerprint density at radius 1 is 1.15 bits per heavy atom. The molecule has 112 valence electrons. The molecular weight excluding hydrogens is 274 g/mol. The Bertz CT molecular complexity index is 519. The van der Waals surface area contributed by atoms with E-state index in [-0.39, 0.29) is 0 Å². The van der Waals surface area contributed by atoms with Crippen molar-refractivity contribution in [2.45, 2.75) is 37.0 Å². The van der Waals surface area contributed by atoms with Crippen molar-refractivity contribution in [2.24, 2.45) is 5.92 Å². The molecule has 1 aliphatic rings. The fraction of sp³-hybridized carbons (Fsp3) is 0.600. The van der Waals surface area contributed by atoms with Gasteiger partial charge in [0.25, 0.3) is 0 Å². The number of sulfonamides is 1. The van der Waals surface area contributed by atoms with E-state index in [0.717, 1.165) is 12.8 Å². The van der Waals surface area contributed by atoms with Gasteiger partial charge in [0.1, 0.15) is 5.75 Å². The molecule has 5 heteroatoms. The van der Waals surface area contributed by atoms with Crippen LogP contribution >= 0.6 is 0 Å². The molecule has 1 aliphatic carbocycles. The molecule has 0 atom stereocenters. The zero-order valence-electron chi connectivity index (χ0n) is 12.2. The first kappa shape index (κ1) is 15.3. The van der Waals surface area contributed by atoms with Crippen molar-refractivity contribution in [1.29, 1.82) is 0 Å². The van der Waals surface area contributed by atoms with Crippen LogP contribution in [0.3, 0.4) is 0 Å². The lowest BCUT2D eigenvalue weighted by Gasteiger charge is -2.26. The minimum atomic E-state index is -3.39. The van der Waals surface area contributed by atoms with Crippen LogP contribution in [0.25, 0.3) is 0 Å². The van der Waals surface area contributed by atoms with E-state index in [0.29, 0.717) is 23.1 Å². The van der Waals surface area contributed by atoms with Gasteiger partial charge in [0.2, 0.25) is 10.0 Å². The van der Waals surface area contributed by atoms with Gasteiger partial charge in [-0.05, 0) is 43.0 Å². The van der Waals surface area contributed by atoms with Gasteiger partial charge < -0.3 is 4.74 Å². The van der Waals surface area contributed by atoms with Crippen LogP contribution in [-0.4, -0.2) is 33.4 Å². The maximum atomic E-state index is 12.5. The number of nitrogens with zero attached hydrogens (tertiary/aromatic N) is 1. The molecule has 0 radical (unpaired) electrons. The molecule has 0 saturated heterocycles. The lowest BCUT2D eigenvalue weighted by atomic mass is 9.89. The number of hydrogen-bond acceptors (Lipinski definition) is 3. The second kappa shape index (κ2) is 6.59. The van der Waals surface area contributed by atoms with Crippen molar-refractivity contribution in [2.75, 3.05) is 20.7 Å². The fourth-order valence-electron chi connectivity index (χ4n) is 2.76. The highest BCUT2D eigenvalue weighted by atomic mass is 32.2. The van der Waals surface area contributed by atoms with Crippen molar-refractivity contribution >= 4 is 10.0 Å². The van der Waals surface area contributed by atoms with Gasteiger partial charge in [0, 0.05) is 13.6 Å². The van der Waals surface area contributed by atoms with Gasteiger partial charge in [-0.1, -0.05) is 19.3 Å². The van der Waals surface area contributed by atoms with E-state index in [1.807, 2.05) is 0 Å². The topological polar surface area (TPSA) is 46.6 Å². The summed E-state index contributed by atoms with van der Waals surface area (Å²) in [7, 11) is -0.143. The Hall–Kier alpha value is -1.07. The highest BCUT2D eigenvalue weighted by Gasteiger charge is 2.24. The molecule has 1 saturated carbocycles. The van der Waals surface area contributed by atoms with Crippen LogP contribution in [0.1, 0.15) is 32.1 Å². The third kappa shape index (κ3) is 3.52. The van der Waals surface area contributed by atoms with E-state index >= 15 is 0 Å². The summed E-state index contributed by atoms with van der Waals surface area (Å²) in [5.41, 5.74) is 0. The summed E-state index contributed by atoms with van der Waals surface area (Å²) >= 11 is 0. The zero-order valence-corrected chi connectivity index (χ0v) is 13.0. The van der Waals surface area contributed by atoms with Gasteiger partial charge in [-0.25, -0.2) is 12.7 Å². The number of ether oxygens (including phenoxy) is 1. The van der Waals surface area contributed by atoms with Gasteiger partial charge >= 0.3 is 0 Å². The van der Waals surface area contributed by atoms with Crippen LogP contribution in [-0.2, 0) is 10.0 Å². The number of methoxy groups -OCH3 is 1. The first-order chi connectivity index (χ1) is 9.54. The lowest BCUT2D eigenvalue weighted by molar-refractivity contribution is 0.300. The molecule has 0 unspecified atom stereocenters. The summed E-state index contributed by atoms with van der Waals surface area (Å²) in [6, 6.07) is 6.57. The van der Waals surface area contributed by atoms with Gasteiger partial charge in [-0.3, -0.25) is 0 Å². The minimum Gasteiger partial charge on any atom is -0.497 e. The maximum absolute atomic E-state index is 12.5. The van der Waals surface area contributed by atoms with Gasteiger partial charge in [0.15, 0.2) is 0 Å². The van der Waals surface area contributed by atoms with Crippen molar-refractivity contribution in [3.63, 3.8) is 0 Å². The molecule has 0 amide bonds. The molecule has 4 nitrogen and oxygen atoms in total. The Labute approximate surface area is 121 Å². The Kier molecular flexibility index (Phi) is 5.05. The SMILES string of the molecule is COc1ccc(S(=O)(=O)N(C)CC2CCCCC2)cc1. The Morgan fingerprint density at radius 2 is 1.75 bits per heavy atom. The predicted molar refractivity (Wildman–Crippen MR) is 79.4 cm³/mol. The first-order valence-corrected chi connectivity index (χ1v) is 8.58. The molecule has 0 aliphatic heterocycles. The first-order valence-electron chi connectivity index (χ1n) is 7.14. The Balaban J connectivity index is 2.07. The summed E-state index contributed by atoms with van der Waals surface area (Å²) in [4.78, 5) is 0.330. The van der Waals surface area contributed by atoms with Crippen LogP contribution < -0.4 is 4.74 Å². The van der Waals surface area contributed by atoms with E-state index in [9.17, 15) is 8.42 Å². The quantitative estimate of drug-likeness (QED) is 0.839. The third-order valence-electron chi connectivity index (χ3n) is 4.01.